The van der Waals surface area contributed by atoms with Gasteiger partial charge in [0.1, 0.15) is 17.7 Å². The zero-order valence-corrected chi connectivity index (χ0v) is 11.3. The van der Waals surface area contributed by atoms with Crippen molar-refractivity contribution in [3.8, 4) is 0 Å². The summed E-state index contributed by atoms with van der Waals surface area (Å²) in [5, 5.41) is 11.3. The normalized spacial score (nSPS) is 12.2. The first-order valence-corrected chi connectivity index (χ1v) is 6.25. The summed E-state index contributed by atoms with van der Waals surface area (Å²) in [6.45, 7) is 3.67. The molecular formula is C14H17F2NO3. The van der Waals surface area contributed by atoms with E-state index in [2.05, 4.69) is 5.32 Å². The second-order valence-electron chi connectivity index (χ2n) is 5.04. The van der Waals surface area contributed by atoms with Crippen molar-refractivity contribution in [1.82, 2.24) is 5.32 Å². The molecule has 0 radical (unpaired) electrons. The summed E-state index contributed by atoms with van der Waals surface area (Å²) in [7, 11) is 0. The number of carboxylic acids is 1. The topological polar surface area (TPSA) is 66.4 Å². The molecule has 6 heteroatoms. The molecule has 0 fully saturated rings. The number of carboxylic acid groups (broad SMARTS) is 1. The van der Waals surface area contributed by atoms with Crippen molar-refractivity contribution >= 4 is 11.9 Å². The summed E-state index contributed by atoms with van der Waals surface area (Å²) in [6.07, 6.45) is 0.0230. The number of hydrogen-bond acceptors (Lipinski definition) is 2. The molecule has 0 spiro atoms. The summed E-state index contributed by atoms with van der Waals surface area (Å²) in [4.78, 5) is 22.7. The van der Waals surface area contributed by atoms with Gasteiger partial charge in [-0.15, -0.1) is 0 Å². The summed E-state index contributed by atoms with van der Waals surface area (Å²) in [5.74, 6) is -3.15. The Balaban J connectivity index is 2.68. The SMILES string of the molecule is CC(C)CC(NC(=O)Cc1cc(F)cc(F)c1)C(=O)O. The van der Waals surface area contributed by atoms with Gasteiger partial charge in [0.2, 0.25) is 5.91 Å². The molecule has 0 bridgehead atoms. The quantitative estimate of drug-likeness (QED) is 0.841. The Labute approximate surface area is 115 Å². The number of rotatable bonds is 6. The third-order valence-electron chi connectivity index (χ3n) is 2.63. The van der Waals surface area contributed by atoms with Crippen LogP contribution >= 0.6 is 0 Å². The molecule has 0 aliphatic rings. The van der Waals surface area contributed by atoms with E-state index in [9.17, 15) is 18.4 Å². The second-order valence-corrected chi connectivity index (χ2v) is 5.04. The molecule has 1 rings (SSSR count). The Bertz CT molecular complexity index is 483. The van der Waals surface area contributed by atoms with E-state index in [0.29, 0.717) is 12.5 Å². The Morgan fingerprint density at radius 2 is 1.75 bits per heavy atom. The van der Waals surface area contributed by atoms with Gasteiger partial charge in [-0.25, -0.2) is 13.6 Å². The highest BCUT2D eigenvalue weighted by Gasteiger charge is 2.21. The van der Waals surface area contributed by atoms with Crippen LogP contribution < -0.4 is 5.32 Å². The molecule has 0 aliphatic carbocycles. The van der Waals surface area contributed by atoms with Crippen LogP contribution in [0.4, 0.5) is 8.78 Å². The molecule has 1 unspecified atom stereocenters. The lowest BCUT2D eigenvalue weighted by Crippen LogP contribution is -2.42. The maximum absolute atomic E-state index is 13.0. The zero-order chi connectivity index (χ0) is 15.3. The van der Waals surface area contributed by atoms with E-state index in [4.69, 9.17) is 5.11 Å². The van der Waals surface area contributed by atoms with Crippen LogP contribution in [-0.4, -0.2) is 23.0 Å². The third-order valence-corrected chi connectivity index (χ3v) is 2.63. The lowest BCUT2D eigenvalue weighted by molar-refractivity contribution is -0.142. The van der Waals surface area contributed by atoms with E-state index in [1.165, 1.54) is 0 Å². The van der Waals surface area contributed by atoms with Gasteiger partial charge in [0.15, 0.2) is 0 Å². The summed E-state index contributed by atoms with van der Waals surface area (Å²) >= 11 is 0. The van der Waals surface area contributed by atoms with Gasteiger partial charge < -0.3 is 10.4 Å². The van der Waals surface area contributed by atoms with Crippen molar-refractivity contribution in [2.24, 2.45) is 5.92 Å². The number of hydrogen-bond donors (Lipinski definition) is 2. The van der Waals surface area contributed by atoms with Gasteiger partial charge in [-0.3, -0.25) is 4.79 Å². The van der Waals surface area contributed by atoms with Crippen LogP contribution in [0.1, 0.15) is 25.8 Å². The highest BCUT2D eigenvalue weighted by Crippen LogP contribution is 2.10. The molecule has 2 N–H and O–H groups in total. The third kappa shape index (κ3) is 5.34. The van der Waals surface area contributed by atoms with Crippen LogP contribution in [0.15, 0.2) is 18.2 Å². The lowest BCUT2D eigenvalue weighted by atomic mass is 10.0. The molecule has 0 saturated carbocycles. The number of nitrogens with one attached hydrogen (secondary N) is 1. The largest absolute Gasteiger partial charge is 0.480 e. The molecule has 0 aliphatic heterocycles. The fourth-order valence-electron chi connectivity index (χ4n) is 1.84. The molecule has 110 valence electrons. The average Bonchev–Trinajstić information content (AvgIpc) is 2.25. The first-order chi connectivity index (χ1) is 9.27. The minimum absolute atomic E-state index is 0.100. The highest BCUT2D eigenvalue weighted by molar-refractivity contribution is 5.84. The standard InChI is InChI=1S/C14H17F2NO3/c1-8(2)3-12(14(19)20)17-13(18)6-9-4-10(15)7-11(16)5-9/h4-5,7-8,12H,3,6H2,1-2H3,(H,17,18)(H,19,20). The number of aliphatic carboxylic acids is 1. The van der Waals surface area contributed by atoms with Crippen molar-refractivity contribution in [1.29, 1.82) is 0 Å². The highest BCUT2D eigenvalue weighted by atomic mass is 19.1. The minimum Gasteiger partial charge on any atom is -0.480 e. The van der Waals surface area contributed by atoms with Crippen LogP contribution in [0, 0.1) is 17.6 Å². The fraction of sp³-hybridized carbons (Fsp3) is 0.429. The van der Waals surface area contributed by atoms with Crippen LogP contribution in [-0.2, 0) is 16.0 Å². The fourth-order valence-corrected chi connectivity index (χ4v) is 1.84. The summed E-state index contributed by atoms with van der Waals surface area (Å²) < 4.78 is 26.0. The van der Waals surface area contributed by atoms with Gasteiger partial charge in [0, 0.05) is 6.07 Å². The van der Waals surface area contributed by atoms with Crippen LogP contribution in [0.5, 0.6) is 0 Å². The molecule has 20 heavy (non-hydrogen) atoms. The van der Waals surface area contributed by atoms with Gasteiger partial charge >= 0.3 is 5.97 Å². The van der Waals surface area contributed by atoms with E-state index in [1.807, 2.05) is 13.8 Å². The summed E-state index contributed by atoms with van der Waals surface area (Å²) in [6, 6.07) is 1.79. The predicted octanol–water partition coefficient (Wildman–Crippen LogP) is 2.12. The Hall–Kier alpha value is -1.98. The molecule has 1 atom stereocenters. The zero-order valence-electron chi connectivity index (χ0n) is 11.3. The van der Waals surface area contributed by atoms with E-state index in [-0.39, 0.29) is 17.9 Å². The maximum Gasteiger partial charge on any atom is 0.326 e. The Morgan fingerprint density at radius 1 is 1.20 bits per heavy atom. The van der Waals surface area contributed by atoms with Crippen molar-refractivity contribution in [2.45, 2.75) is 32.7 Å². The van der Waals surface area contributed by atoms with Gasteiger partial charge in [0.25, 0.3) is 0 Å². The number of carbonyl (C=O) groups excluding carboxylic acids is 1. The van der Waals surface area contributed by atoms with Gasteiger partial charge in [-0.05, 0) is 30.0 Å². The minimum atomic E-state index is -1.13. The first kappa shape index (κ1) is 16.1. The van der Waals surface area contributed by atoms with Gasteiger partial charge in [-0.1, -0.05) is 13.8 Å². The van der Waals surface area contributed by atoms with E-state index in [0.717, 1.165) is 12.1 Å². The number of amides is 1. The van der Waals surface area contributed by atoms with Gasteiger partial charge in [0.05, 0.1) is 6.42 Å². The van der Waals surface area contributed by atoms with E-state index >= 15 is 0 Å². The average molecular weight is 285 g/mol. The van der Waals surface area contributed by atoms with Crippen molar-refractivity contribution < 1.29 is 23.5 Å². The van der Waals surface area contributed by atoms with Gasteiger partial charge in [-0.2, -0.15) is 0 Å². The number of carbonyl (C=O) groups is 2. The number of benzene rings is 1. The Morgan fingerprint density at radius 3 is 2.20 bits per heavy atom. The molecule has 1 amide bonds. The maximum atomic E-state index is 13.0. The molecule has 0 aromatic heterocycles. The monoisotopic (exact) mass is 285 g/mol. The van der Waals surface area contributed by atoms with E-state index in [1.54, 1.807) is 0 Å². The Kier molecular flexibility index (Phi) is 5.61. The van der Waals surface area contributed by atoms with Crippen LogP contribution in [0.2, 0.25) is 0 Å². The molecule has 0 heterocycles. The molecular weight excluding hydrogens is 268 g/mol. The molecule has 0 saturated heterocycles. The first-order valence-electron chi connectivity index (χ1n) is 6.25. The smallest absolute Gasteiger partial charge is 0.326 e. The lowest BCUT2D eigenvalue weighted by Gasteiger charge is -2.16. The van der Waals surface area contributed by atoms with Crippen LogP contribution in [0.3, 0.4) is 0 Å². The predicted molar refractivity (Wildman–Crippen MR) is 69.1 cm³/mol. The molecule has 1 aromatic rings. The van der Waals surface area contributed by atoms with Crippen molar-refractivity contribution in [3.63, 3.8) is 0 Å². The van der Waals surface area contributed by atoms with Crippen molar-refractivity contribution in [3.05, 3.63) is 35.4 Å². The second kappa shape index (κ2) is 6.98. The van der Waals surface area contributed by atoms with Crippen LogP contribution in [0.25, 0.3) is 0 Å². The van der Waals surface area contributed by atoms with Crippen molar-refractivity contribution in [2.75, 3.05) is 0 Å². The molecule has 4 nitrogen and oxygen atoms in total. The number of halogens is 2. The summed E-state index contributed by atoms with van der Waals surface area (Å²) in [5.41, 5.74) is 0.161. The van der Waals surface area contributed by atoms with E-state index < -0.39 is 29.6 Å². The molecule has 1 aromatic carbocycles.